The molecule has 1 rings (SSSR count). The maximum atomic E-state index is 12.0. The van der Waals surface area contributed by atoms with Crippen LogP contribution in [0.5, 0.6) is 0 Å². The molecule has 0 aromatic rings. The molecule has 1 unspecified atom stereocenters. The fourth-order valence-electron chi connectivity index (χ4n) is 1.71. The molecule has 1 N–H and O–H groups in total. The number of nitrogens with zero attached hydrogens (tertiary/aromatic N) is 1. The molecule has 1 fully saturated rings. The molecule has 0 bridgehead atoms. The van der Waals surface area contributed by atoms with Gasteiger partial charge in [0, 0.05) is 12.6 Å². The lowest BCUT2D eigenvalue weighted by Crippen LogP contribution is -2.34. The van der Waals surface area contributed by atoms with Gasteiger partial charge in [0.15, 0.2) is 0 Å². The van der Waals surface area contributed by atoms with E-state index in [9.17, 15) is 8.78 Å². The van der Waals surface area contributed by atoms with Crippen LogP contribution >= 0.6 is 0 Å². The van der Waals surface area contributed by atoms with Gasteiger partial charge in [0.2, 0.25) is 0 Å². The SMILES string of the molecule is CCCNC1CCN(CC(F)F)C1. The standard InChI is InChI=1S/C9H18F2N2/c1-2-4-12-8-3-5-13(6-8)7-9(10)11/h8-9,12H,2-7H2,1H3. The Kier molecular flexibility index (Phi) is 4.59. The smallest absolute Gasteiger partial charge is 0.251 e. The Bertz CT molecular complexity index is 142. The summed E-state index contributed by atoms with van der Waals surface area (Å²) in [6.45, 7) is 4.63. The zero-order valence-corrected chi connectivity index (χ0v) is 8.10. The van der Waals surface area contributed by atoms with Gasteiger partial charge in [0.05, 0.1) is 6.54 Å². The molecule has 0 saturated carbocycles. The first-order valence-electron chi connectivity index (χ1n) is 4.96. The van der Waals surface area contributed by atoms with Gasteiger partial charge >= 0.3 is 0 Å². The van der Waals surface area contributed by atoms with Crippen LogP contribution < -0.4 is 5.32 Å². The Morgan fingerprint density at radius 2 is 2.31 bits per heavy atom. The Morgan fingerprint density at radius 1 is 1.54 bits per heavy atom. The van der Waals surface area contributed by atoms with Crippen molar-refractivity contribution in [3.05, 3.63) is 0 Å². The van der Waals surface area contributed by atoms with E-state index in [2.05, 4.69) is 12.2 Å². The largest absolute Gasteiger partial charge is 0.313 e. The number of alkyl halides is 2. The fourth-order valence-corrected chi connectivity index (χ4v) is 1.71. The lowest BCUT2D eigenvalue weighted by atomic mass is 10.2. The minimum atomic E-state index is -2.19. The summed E-state index contributed by atoms with van der Waals surface area (Å²) >= 11 is 0. The van der Waals surface area contributed by atoms with E-state index in [1.165, 1.54) is 0 Å². The van der Waals surface area contributed by atoms with Gasteiger partial charge in [-0.2, -0.15) is 0 Å². The van der Waals surface area contributed by atoms with Crippen molar-refractivity contribution in [1.82, 2.24) is 10.2 Å². The van der Waals surface area contributed by atoms with Crippen molar-refractivity contribution in [1.29, 1.82) is 0 Å². The highest BCUT2D eigenvalue weighted by Crippen LogP contribution is 2.10. The lowest BCUT2D eigenvalue weighted by molar-refractivity contribution is 0.0986. The van der Waals surface area contributed by atoms with Crippen molar-refractivity contribution in [3.8, 4) is 0 Å². The van der Waals surface area contributed by atoms with Crippen LogP contribution in [-0.2, 0) is 0 Å². The highest BCUT2D eigenvalue weighted by atomic mass is 19.3. The van der Waals surface area contributed by atoms with Crippen molar-refractivity contribution < 1.29 is 8.78 Å². The minimum absolute atomic E-state index is 0.0652. The topological polar surface area (TPSA) is 15.3 Å². The van der Waals surface area contributed by atoms with E-state index < -0.39 is 6.43 Å². The third-order valence-corrected chi connectivity index (χ3v) is 2.35. The van der Waals surface area contributed by atoms with Crippen molar-refractivity contribution in [2.24, 2.45) is 0 Å². The van der Waals surface area contributed by atoms with E-state index in [0.717, 1.165) is 32.5 Å². The molecule has 2 nitrogen and oxygen atoms in total. The summed E-state index contributed by atoms with van der Waals surface area (Å²) < 4.78 is 24.0. The molecule has 0 spiro atoms. The van der Waals surface area contributed by atoms with E-state index in [1.807, 2.05) is 4.90 Å². The van der Waals surface area contributed by atoms with Crippen molar-refractivity contribution >= 4 is 0 Å². The van der Waals surface area contributed by atoms with Gasteiger partial charge in [-0.1, -0.05) is 6.92 Å². The molecule has 0 radical (unpaired) electrons. The predicted octanol–water partition coefficient (Wildman–Crippen LogP) is 1.33. The Hall–Kier alpha value is -0.220. The average Bonchev–Trinajstić information content (AvgIpc) is 2.48. The van der Waals surface area contributed by atoms with E-state index >= 15 is 0 Å². The van der Waals surface area contributed by atoms with Crippen molar-refractivity contribution in [2.45, 2.75) is 32.2 Å². The molecular formula is C9H18F2N2. The number of hydrogen-bond donors (Lipinski definition) is 1. The van der Waals surface area contributed by atoms with Crippen LogP contribution in [0.1, 0.15) is 19.8 Å². The maximum Gasteiger partial charge on any atom is 0.251 e. The third kappa shape index (κ3) is 4.00. The van der Waals surface area contributed by atoms with Crippen LogP contribution in [-0.4, -0.2) is 43.5 Å². The highest BCUT2D eigenvalue weighted by Gasteiger charge is 2.23. The van der Waals surface area contributed by atoms with Gasteiger partial charge in [-0.15, -0.1) is 0 Å². The lowest BCUT2D eigenvalue weighted by Gasteiger charge is -2.15. The van der Waals surface area contributed by atoms with E-state index in [0.29, 0.717) is 6.04 Å². The summed E-state index contributed by atoms with van der Waals surface area (Å²) in [7, 11) is 0. The first-order valence-corrected chi connectivity index (χ1v) is 4.96. The molecule has 1 atom stereocenters. The molecule has 0 amide bonds. The number of rotatable bonds is 5. The molecule has 1 heterocycles. The molecule has 0 aromatic carbocycles. The molecule has 13 heavy (non-hydrogen) atoms. The van der Waals surface area contributed by atoms with Gasteiger partial charge in [-0.25, -0.2) is 8.78 Å². The van der Waals surface area contributed by atoms with Crippen LogP contribution in [0, 0.1) is 0 Å². The fraction of sp³-hybridized carbons (Fsp3) is 1.00. The number of nitrogens with one attached hydrogen (secondary N) is 1. The van der Waals surface area contributed by atoms with Crippen LogP contribution in [0.15, 0.2) is 0 Å². The molecule has 0 aliphatic carbocycles. The zero-order chi connectivity index (χ0) is 9.68. The van der Waals surface area contributed by atoms with E-state index in [-0.39, 0.29) is 6.54 Å². The van der Waals surface area contributed by atoms with Crippen LogP contribution in [0.2, 0.25) is 0 Å². The summed E-state index contributed by atoms with van der Waals surface area (Å²) in [5.74, 6) is 0. The molecule has 78 valence electrons. The molecule has 0 aromatic heterocycles. The first kappa shape index (κ1) is 10.9. The van der Waals surface area contributed by atoms with Gasteiger partial charge in [-0.3, -0.25) is 4.90 Å². The Labute approximate surface area is 78.3 Å². The molecule has 1 aliphatic heterocycles. The van der Waals surface area contributed by atoms with E-state index in [4.69, 9.17) is 0 Å². The van der Waals surface area contributed by atoms with Gasteiger partial charge in [-0.05, 0) is 25.9 Å². The Morgan fingerprint density at radius 3 is 2.92 bits per heavy atom. The predicted molar refractivity (Wildman–Crippen MR) is 49.1 cm³/mol. The summed E-state index contributed by atoms with van der Waals surface area (Å²) in [5, 5.41) is 3.35. The van der Waals surface area contributed by atoms with E-state index in [1.54, 1.807) is 0 Å². The maximum absolute atomic E-state index is 12.0. The second kappa shape index (κ2) is 5.50. The van der Waals surface area contributed by atoms with Crippen molar-refractivity contribution in [3.63, 3.8) is 0 Å². The number of likely N-dealkylation sites (tertiary alicyclic amines) is 1. The first-order chi connectivity index (χ1) is 6.22. The zero-order valence-electron chi connectivity index (χ0n) is 8.10. The number of hydrogen-bond acceptors (Lipinski definition) is 2. The third-order valence-electron chi connectivity index (χ3n) is 2.35. The minimum Gasteiger partial charge on any atom is -0.313 e. The summed E-state index contributed by atoms with van der Waals surface area (Å²) in [4.78, 5) is 1.83. The van der Waals surface area contributed by atoms with Crippen LogP contribution in [0.25, 0.3) is 0 Å². The quantitative estimate of drug-likeness (QED) is 0.707. The van der Waals surface area contributed by atoms with Crippen LogP contribution in [0.4, 0.5) is 8.78 Å². The van der Waals surface area contributed by atoms with Crippen molar-refractivity contribution in [2.75, 3.05) is 26.2 Å². The normalized spacial score (nSPS) is 24.5. The number of halogens is 2. The highest BCUT2D eigenvalue weighted by molar-refractivity contribution is 4.80. The second-order valence-electron chi connectivity index (χ2n) is 3.59. The van der Waals surface area contributed by atoms with Gasteiger partial charge < -0.3 is 5.32 Å². The average molecular weight is 192 g/mol. The summed E-state index contributed by atoms with van der Waals surface area (Å²) in [6, 6.07) is 0.429. The van der Waals surface area contributed by atoms with Gasteiger partial charge in [0.25, 0.3) is 6.43 Å². The van der Waals surface area contributed by atoms with Crippen LogP contribution in [0.3, 0.4) is 0 Å². The molecule has 1 aliphatic rings. The Balaban J connectivity index is 2.12. The van der Waals surface area contributed by atoms with Gasteiger partial charge in [0.1, 0.15) is 0 Å². The molecule has 1 saturated heterocycles. The molecule has 4 heteroatoms. The monoisotopic (exact) mass is 192 g/mol. The summed E-state index contributed by atoms with van der Waals surface area (Å²) in [6.07, 6.45) is -0.0807. The summed E-state index contributed by atoms with van der Waals surface area (Å²) in [5.41, 5.74) is 0. The second-order valence-corrected chi connectivity index (χ2v) is 3.59. The molecular weight excluding hydrogens is 174 g/mol.